The molecule has 0 N–H and O–H groups in total. The lowest BCUT2D eigenvalue weighted by atomic mass is 10.2. The van der Waals surface area contributed by atoms with Crippen LogP contribution in [0, 0.1) is 0 Å². The van der Waals surface area contributed by atoms with Gasteiger partial charge in [0.15, 0.2) is 0 Å². The van der Waals surface area contributed by atoms with E-state index in [0.717, 1.165) is 9.79 Å². The second-order valence-corrected chi connectivity index (χ2v) is 7.99. The zero-order chi connectivity index (χ0) is 15.9. The SMILES string of the molecule is O=S(=O)(c1ccccc1)N1c2ccccc2Sc2ccccc21. The minimum atomic E-state index is -3.67. The van der Waals surface area contributed by atoms with Crippen LogP contribution in [-0.2, 0) is 10.0 Å². The molecule has 3 nitrogen and oxygen atoms in total. The molecule has 1 aliphatic rings. The first-order valence-corrected chi connectivity index (χ1v) is 9.40. The van der Waals surface area contributed by atoms with E-state index >= 15 is 0 Å². The van der Waals surface area contributed by atoms with Crippen LogP contribution in [0.5, 0.6) is 0 Å². The molecule has 114 valence electrons. The van der Waals surface area contributed by atoms with Crippen molar-refractivity contribution in [3.63, 3.8) is 0 Å². The van der Waals surface area contributed by atoms with Gasteiger partial charge in [0, 0.05) is 9.79 Å². The molecule has 0 spiro atoms. The van der Waals surface area contributed by atoms with Crippen molar-refractivity contribution in [2.75, 3.05) is 4.31 Å². The van der Waals surface area contributed by atoms with E-state index in [1.165, 1.54) is 4.31 Å². The average Bonchev–Trinajstić information content (AvgIpc) is 2.60. The molecule has 1 heterocycles. The molecule has 5 heteroatoms. The van der Waals surface area contributed by atoms with Crippen molar-refractivity contribution in [2.45, 2.75) is 14.7 Å². The number of fused-ring (bicyclic) bond motifs is 2. The summed E-state index contributed by atoms with van der Waals surface area (Å²) in [5.41, 5.74) is 1.39. The summed E-state index contributed by atoms with van der Waals surface area (Å²) in [5, 5.41) is 0. The van der Waals surface area contributed by atoms with Gasteiger partial charge in [0.05, 0.1) is 16.3 Å². The van der Waals surface area contributed by atoms with Crippen molar-refractivity contribution < 1.29 is 8.42 Å². The number of para-hydroxylation sites is 2. The zero-order valence-corrected chi connectivity index (χ0v) is 13.7. The second kappa shape index (κ2) is 5.44. The molecule has 0 aromatic heterocycles. The van der Waals surface area contributed by atoms with E-state index in [0.29, 0.717) is 11.4 Å². The largest absolute Gasteiger partial charge is 0.268 e. The van der Waals surface area contributed by atoms with Gasteiger partial charge in [0.25, 0.3) is 10.0 Å². The van der Waals surface area contributed by atoms with Gasteiger partial charge in [0.2, 0.25) is 0 Å². The fraction of sp³-hybridized carbons (Fsp3) is 0. The second-order valence-electron chi connectivity index (χ2n) is 5.12. The number of anilines is 2. The molecule has 0 amide bonds. The Morgan fingerprint density at radius 1 is 0.652 bits per heavy atom. The first kappa shape index (κ1) is 14.4. The molecule has 23 heavy (non-hydrogen) atoms. The molecule has 3 aromatic rings. The van der Waals surface area contributed by atoms with E-state index in [1.54, 1.807) is 36.0 Å². The Labute approximate surface area is 139 Å². The quantitative estimate of drug-likeness (QED) is 0.680. The highest BCUT2D eigenvalue weighted by atomic mass is 32.2. The molecule has 0 bridgehead atoms. The Balaban J connectivity index is 1.99. The summed E-state index contributed by atoms with van der Waals surface area (Å²) in [5.74, 6) is 0. The Hall–Kier alpha value is -2.24. The molecule has 0 saturated carbocycles. The van der Waals surface area contributed by atoms with Gasteiger partial charge in [-0.1, -0.05) is 54.2 Å². The van der Waals surface area contributed by atoms with Gasteiger partial charge in [0.1, 0.15) is 0 Å². The van der Waals surface area contributed by atoms with Gasteiger partial charge in [-0.2, -0.15) is 0 Å². The number of nitrogens with zero attached hydrogens (tertiary/aromatic N) is 1. The third-order valence-electron chi connectivity index (χ3n) is 3.67. The van der Waals surface area contributed by atoms with Crippen LogP contribution in [-0.4, -0.2) is 8.42 Å². The zero-order valence-electron chi connectivity index (χ0n) is 12.1. The predicted molar refractivity (Wildman–Crippen MR) is 92.8 cm³/mol. The number of sulfonamides is 1. The van der Waals surface area contributed by atoms with Gasteiger partial charge in [-0.15, -0.1) is 0 Å². The maximum absolute atomic E-state index is 13.2. The Kier molecular flexibility index (Phi) is 3.39. The Bertz CT molecular complexity index is 924. The summed E-state index contributed by atoms with van der Waals surface area (Å²) >= 11 is 1.59. The van der Waals surface area contributed by atoms with Crippen LogP contribution < -0.4 is 4.31 Å². The fourth-order valence-electron chi connectivity index (χ4n) is 2.63. The molecule has 0 unspecified atom stereocenters. The molecule has 0 aliphatic carbocycles. The van der Waals surface area contributed by atoms with Crippen molar-refractivity contribution in [1.29, 1.82) is 0 Å². The number of hydrogen-bond donors (Lipinski definition) is 0. The summed E-state index contributed by atoms with van der Waals surface area (Å²) in [6.45, 7) is 0. The van der Waals surface area contributed by atoms with E-state index < -0.39 is 10.0 Å². The lowest BCUT2D eigenvalue weighted by molar-refractivity contribution is 0.595. The van der Waals surface area contributed by atoms with Crippen molar-refractivity contribution in [3.8, 4) is 0 Å². The lowest BCUT2D eigenvalue weighted by Gasteiger charge is -2.31. The van der Waals surface area contributed by atoms with Crippen molar-refractivity contribution in [3.05, 3.63) is 78.9 Å². The number of benzene rings is 3. The minimum absolute atomic E-state index is 0.288. The van der Waals surface area contributed by atoms with E-state index in [9.17, 15) is 8.42 Å². The van der Waals surface area contributed by atoms with Crippen LogP contribution in [0.15, 0.2) is 93.5 Å². The Morgan fingerprint density at radius 3 is 1.70 bits per heavy atom. The summed E-state index contributed by atoms with van der Waals surface area (Å²) in [4.78, 5) is 2.16. The summed E-state index contributed by atoms with van der Waals surface area (Å²) in [6, 6.07) is 23.7. The van der Waals surface area contributed by atoms with Crippen molar-refractivity contribution in [1.82, 2.24) is 0 Å². The molecule has 1 aliphatic heterocycles. The van der Waals surface area contributed by atoms with E-state index in [-0.39, 0.29) is 4.90 Å². The molecular weight excluding hydrogens is 326 g/mol. The Morgan fingerprint density at radius 2 is 1.13 bits per heavy atom. The third kappa shape index (κ3) is 2.33. The first-order valence-electron chi connectivity index (χ1n) is 7.14. The van der Waals surface area contributed by atoms with Gasteiger partial charge >= 0.3 is 0 Å². The van der Waals surface area contributed by atoms with Crippen molar-refractivity contribution >= 4 is 33.2 Å². The molecule has 0 atom stereocenters. The maximum atomic E-state index is 13.2. The highest BCUT2D eigenvalue weighted by molar-refractivity contribution is 8.00. The monoisotopic (exact) mass is 339 g/mol. The molecule has 0 fully saturated rings. The van der Waals surface area contributed by atoms with Gasteiger partial charge in [-0.05, 0) is 36.4 Å². The van der Waals surface area contributed by atoms with Gasteiger partial charge in [-0.25, -0.2) is 12.7 Å². The predicted octanol–water partition coefficient (Wildman–Crippen LogP) is 4.68. The lowest BCUT2D eigenvalue weighted by Crippen LogP contribution is -2.28. The minimum Gasteiger partial charge on any atom is -0.232 e. The van der Waals surface area contributed by atoms with Gasteiger partial charge in [-0.3, -0.25) is 0 Å². The van der Waals surface area contributed by atoms with Crippen LogP contribution in [0.1, 0.15) is 0 Å². The highest BCUT2D eigenvalue weighted by Gasteiger charge is 2.33. The van der Waals surface area contributed by atoms with Crippen LogP contribution in [0.2, 0.25) is 0 Å². The standard InChI is InChI=1S/C18H13NO2S2/c20-23(21,14-8-2-1-3-9-14)19-15-10-4-6-12-17(15)22-18-13-7-5-11-16(18)19/h1-13H. The molecule has 3 aromatic carbocycles. The molecule has 0 radical (unpaired) electrons. The first-order chi connectivity index (χ1) is 11.2. The molecular formula is C18H13NO2S2. The normalized spacial score (nSPS) is 13.3. The summed E-state index contributed by atoms with van der Waals surface area (Å²) in [6.07, 6.45) is 0. The van der Waals surface area contributed by atoms with E-state index in [2.05, 4.69) is 0 Å². The highest BCUT2D eigenvalue weighted by Crippen LogP contribution is 2.49. The average molecular weight is 339 g/mol. The van der Waals surface area contributed by atoms with Crippen LogP contribution >= 0.6 is 11.8 Å². The topological polar surface area (TPSA) is 37.4 Å². The van der Waals surface area contributed by atoms with Crippen molar-refractivity contribution in [2.24, 2.45) is 0 Å². The number of rotatable bonds is 2. The van der Waals surface area contributed by atoms with Crippen LogP contribution in [0.3, 0.4) is 0 Å². The summed E-state index contributed by atoms with van der Waals surface area (Å²) in [7, 11) is -3.67. The van der Waals surface area contributed by atoms with Gasteiger partial charge < -0.3 is 0 Å². The molecule has 4 rings (SSSR count). The fourth-order valence-corrected chi connectivity index (χ4v) is 5.35. The number of hydrogen-bond acceptors (Lipinski definition) is 3. The van der Waals surface area contributed by atoms with E-state index in [1.807, 2.05) is 54.6 Å². The van der Waals surface area contributed by atoms with Crippen LogP contribution in [0.25, 0.3) is 0 Å². The van der Waals surface area contributed by atoms with E-state index in [4.69, 9.17) is 0 Å². The van der Waals surface area contributed by atoms with Crippen LogP contribution in [0.4, 0.5) is 11.4 Å². The smallest absolute Gasteiger partial charge is 0.232 e. The maximum Gasteiger partial charge on any atom is 0.268 e. The molecule has 0 saturated heterocycles. The summed E-state index contributed by atoms with van der Waals surface area (Å²) < 4.78 is 27.9. The third-order valence-corrected chi connectivity index (χ3v) is 6.54.